The van der Waals surface area contributed by atoms with E-state index >= 15 is 0 Å². The first-order valence-electron chi connectivity index (χ1n) is 17.2. The van der Waals surface area contributed by atoms with E-state index in [4.69, 9.17) is 18.9 Å². The van der Waals surface area contributed by atoms with Crippen molar-refractivity contribution < 1.29 is 28.5 Å². The van der Waals surface area contributed by atoms with Crippen LogP contribution in [-0.2, 0) is 20.8 Å². The maximum absolute atomic E-state index is 13.5. The van der Waals surface area contributed by atoms with Gasteiger partial charge in [-0.25, -0.2) is 9.59 Å². The van der Waals surface area contributed by atoms with Gasteiger partial charge in [-0.2, -0.15) is 9.67 Å². The SMILES string of the molecule is CCOc1nc2cccc(C(=O)OC(C)OC(=O)OC3CCCCC3)c2n1Cc1ccc(-c2ccccc2-c2nnnn2-c2ccccc2)cc1. The first-order valence-corrected chi connectivity index (χ1v) is 17.2. The van der Waals surface area contributed by atoms with Gasteiger partial charge in [0, 0.05) is 12.5 Å². The third kappa shape index (κ3) is 7.45. The van der Waals surface area contributed by atoms with Crippen LogP contribution in [-0.4, -0.2) is 60.9 Å². The Morgan fingerprint density at radius 1 is 0.843 bits per heavy atom. The number of rotatable bonds is 11. The smallest absolute Gasteiger partial charge is 0.465 e. The molecule has 0 radical (unpaired) electrons. The molecule has 0 amide bonds. The van der Waals surface area contributed by atoms with Crippen LogP contribution in [0.25, 0.3) is 39.2 Å². The van der Waals surface area contributed by atoms with E-state index < -0.39 is 18.4 Å². The quantitative estimate of drug-likeness (QED) is 0.0983. The Hall–Kier alpha value is -6.04. The molecule has 0 saturated heterocycles. The van der Waals surface area contributed by atoms with E-state index in [2.05, 4.69) is 20.5 Å². The number of fused-ring (bicyclic) bond motifs is 1. The van der Waals surface area contributed by atoms with E-state index in [0.29, 0.717) is 36.0 Å². The summed E-state index contributed by atoms with van der Waals surface area (Å²) in [6.07, 6.45) is 2.61. The van der Waals surface area contributed by atoms with Gasteiger partial charge in [0.15, 0.2) is 5.82 Å². The largest absolute Gasteiger partial charge is 0.511 e. The van der Waals surface area contributed by atoms with E-state index in [0.717, 1.165) is 60.0 Å². The van der Waals surface area contributed by atoms with Gasteiger partial charge in [-0.3, -0.25) is 4.57 Å². The van der Waals surface area contributed by atoms with Crippen molar-refractivity contribution in [2.45, 2.75) is 64.9 Å². The van der Waals surface area contributed by atoms with Crippen molar-refractivity contribution in [2.75, 3.05) is 6.61 Å². The summed E-state index contributed by atoms with van der Waals surface area (Å²) in [4.78, 5) is 30.6. The second-order valence-corrected chi connectivity index (χ2v) is 12.3. The molecule has 1 unspecified atom stereocenters. The Balaban J connectivity index is 1.13. The number of hydrogen-bond donors (Lipinski definition) is 0. The summed E-state index contributed by atoms with van der Waals surface area (Å²) >= 11 is 0. The summed E-state index contributed by atoms with van der Waals surface area (Å²) < 4.78 is 25.8. The molecule has 2 heterocycles. The van der Waals surface area contributed by atoms with Gasteiger partial charge < -0.3 is 18.9 Å². The lowest BCUT2D eigenvalue weighted by molar-refractivity contribution is -0.0914. The van der Waals surface area contributed by atoms with E-state index in [1.165, 1.54) is 6.92 Å². The molecular weight excluding hydrogens is 648 g/mol. The molecule has 0 spiro atoms. The standard InChI is InChI=1S/C39H38N6O6/c1-3-48-38-40-34-20-12-19-33(37(46)49-26(2)50-39(47)51-30-15-8-5-9-16-30)35(34)44(38)25-27-21-23-28(24-22-27)31-17-10-11-18-32(31)36-41-42-43-45(36)29-13-6-4-7-14-29/h4,6-7,10-14,17-24,26,30H,3,5,8-9,15-16,25H2,1-2H3. The molecule has 0 bridgehead atoms. The molecule has 1 saturated carbocycles. The fraction of sp³-hybridized carbons (Fsp3) is 0.282. The molecule has 2 aromatic heterocycles. The lowest BCUT2D eigenvalue weighted by Crippen LogP contribution is -2.26. The molecule has 1 fully saturated rings. The zero-order valence-electron chi connectivity index (χ0n) is 28.5. The highest BCUT2D eigenvalue weighted by Crippen LogP contribution is 2.33. The van der Waals surface area contributed by atoms with Crippen LogP contribution in [0, 0.1) is 0 Å². The fourth-order valence-corrected chi connectivity index (χ4v) is 6.44. The lowest BCUT2D eigenvalue weighted by atomic mass is 9.98. The van der Waals surface area contributed by atoms with Crippen molar-refractivity contribution in [3.8, 4) is 34.2 Å². The van der Waals surface area contributed by atoms with Crippen molar-refractivity contribution in [3.05, 3.63) is 108 Å². The van der Waals surface area contributed by atoms with Gasteiger partial charge in [-0.05, 0) is 84.0 Å². The third-order valence-electron chi connectivity index (χ3n) is 8.82. The molecule has 0 aliphatic heterocycles. The summed E-state index contributed by atoms with van der Waals surface area (Å²) in [7, 11) is 0. The van der Waals surface area contributed by atoms with Crippen molar-refractivity contribution in [1.29, 1.82) is 0 Å². The number of para-hydroxylation sites is 2. The second-order valence-electron chi connectivity index (χ2n) is 12.3. The summed E-state index contributed by atoms with van der Waals surface area (Å²) in [6, 6.07) is 31.5. The average Bonchev–Trinajstić information content (AvgIpc) is 3.78. The Morgan fingerprint density at radius 2 is 1.59 bits per heavy atom. The molecule has 1 aliphatic carbocycles. The number of carbonyl (C=O) groups is 2. The highest BCUT2D eigenvalue weighted by molar-refractivity contribution is 6.02. The van der Waals surface area contributed by atoms with Crippen LogP contribution in [0.4, 0.5) is 4.79 Å². The predicted octanol–water partition coefficient (Wildman–Crippen LogP) is 7.78. The van der Waals surface area contributed by atoms with Crippen molar-refractivity contribution in [2.24, 2.45) is 0 Å². The number of esters is 1. The molecule has 4 aromatic carbocycles. The normalized spacial score (nSPS) is 13.8. The van der Waals surface area contributed by atoms with Crippen LogP contribution in [0.15, 0.2) is 97.1 Å². The molecule has 1 aliphatic rings. The van der Waals surface area contributed by atoms with Gasteiger partial charge >= 0.3 is 12.1 Å². The van der Waals surface area contributed by atoms with Crippen molar-refractivity contribution in [3.63, 3.8) is 0 Å². The van der Waals surface area contributed by atoms with Crippen molar-refractivity contribution >= 4 is 23.2 Å². The van der Waals surface area contributed by atoms with Gasteiger partial charge in [0.2, 0.25) is 6.29 Å². The summed E-state index contributed by atoms with van der Waals surface area (Å²) in [5, 5.41) is 12.6. The minimum Gasteiger partial charge on any atom is -0.465 e. The molecule has 12 heteroatoms. The second kappa shape index (κ2) is 15.2. The number of tetrazole rings is 1. The highest BCUT2D eigenvalue weighted by atomic mass is 16.8. The number of ether oxygens (including phenoxy) is 4. The van der Waals surface area contributed by atoms with Gasteiger partial charge in [-0.15, -0.1) is 5.10 Å². The average molecular weight is 687 g/mol. The van der Waals surface area contributed by atoms with Gasteiger partial charge in [0.25, 0.3) is 6.01 Å². The van der Waals surface area contributed by atoms with Crippen LogP contribution >= 0.6 is 0 Å². The number of aromatic nitrogens is 6. The number of benzene rings is 4. The first kappa shape index (κ1) is 33.5. The van der Waals surface area contributed by atoms with Crippen LogP contribution in [0.3, 0.4) is 0 Å². The Morgan fingerprint density at radius 3 is 2.35 bits per heavy atom. The number of imidazole rings is 1. The van der Waals surface area contributed by atoms with E-state index in [-0.39, 0.29) is 11.7 Å². The van der Waals surface area contributed by atoms with Crippen LogP contribution in [0.2, 0.25) is 0 Å². The molecule has 51 heavy (non-hydrogen) atoms. The van der Waals surface area contributed by atoms with Crippen LogP contribution in [0.1, 0.15) is 61.9 Å². The predicted molar refractivity (Wildman–Crippen MR) is 189 cm³/mol. The maximum Gasteiger partial charge on any atom is 0.511 e. The zero-order valence-corrected chi connectivity index (χ0v) is 28.5. The molecule has 12 nitrogen and oxygen atoms in total. The number of nitrogens with zero attached hydrogens (tertiary/aromatic N) is 6. The fourth-order valence-electron chi connectivity index (χ4n) is 6.44. The minimum atomic E-state index is -1.15. The Kier molecular flexibility index (Phi) is 10.00. The third-order valence-corrected chi connectivity index (χ3v) is 8.82. The first-order chi connectivity index (χ1) is 25.0. The molecule has 0 N–H and O–H groups in total. The van der Waals surface area contributed by atoms with Gasteiger partial charge in [0.05, 0.1) is 35.4 Å². The number of hydrogen-bond acceptors (Lipinski definition) is 10. The van der Waals surface area contributed by atoms with Gasteiger partial charge in [-0.1, -0.05) is 79.2 Å². The van der Waals surface area contributed by atoms with Gasteiger partial charge in [0.1, 0.15) is 6.10 Å². The Labute approximate surface area is 294 Å². The van der Waals surface area contributed by atoms with E-state index in [9.17, 15) is 9.59 Å². The zero-order chi connectivity index (χ0) is 35.2. The molecule has 6 aromatic rings. The van der Waals surface area contributed by atoms with Crippen molar-refractivity contribution in [1.82, 2.24) is 29.8 Å². The molecule has 7 rings (SSSR count). The highest BCUT2D eigenvalue weighted by Gasteiger charge is 2.25. The Bertz CT molecular complexity index is 2120. The minimum absolute atomic E-state index is 0.170. The lowest BCUT2D eigenvalue weighted by Gasteiger charge is -2.22. The maximum atomic E-state index is 13.5. The topological polar surface area (TPSA) is 132 Å². The monoisotopic (exact) mass is 686 g/mol. The number of carbonyl (C=O) groups excluding carboxylic acids is 2. The molecular formula is C39H38N6O6. The summed E-state index contributed by atoms with van der Waals surface area (Å²) in [6.45, 7) is 4.12. The summed E-state index contributed by atoms with van der Waals surface area (Å²) in [5.74, 6) is -0.0278. The van der Waals surface area contributed by atoms with Crippen LogP contribution in [0.5, 0.6) is 6.01 Å². The van der Waals surface area contributed by atoms with Crippen LogP contribution < -0.4 is 4.74 Å². The molecule has 1 atom stereocenters. The van der Waals surface area contributed by atoms with E-state index in [1.807, 2.05) is 96.4 Å². The molecule has 260 valence electrons. The summed E-state index contributed by atoms with van der Waals surface area (Å²) in [5.41, 5.74) is 6.05. The van der Waals surface area contributed by atoms with E-state index in [1.54, 1.807) is 16.8 Å².